The molecule has 0 spiro atoms. The highest BCUT2D eigenvalue weighted by Gasteiger charge is 2.26. The fourth-order valence-corrected chi connectivity index (χ4v) is 4.60. The fourth-order valence-electron chi connectivity index (χ4n) is 3.44. The molecule has 2 heteroatoms. The second-order valence-corrected chi connectivity index (χ2v) is 7.68. The van der Waals surface area contributed by atoms with Gasteiger partial charge < -0.3 is 5.11 Å². The van der Waals surface area contributed by atoms with Gasteiger partial charge in [-0.15, -0.1) is 11.3 Å². The van der Waals surface area contributed by atoms with E-state index in [-0.39, 0.29) is 0 Å². The molecule has 0 aliphatic heterocycles. The van der Waals surface area contributed by atoms with E-state index >= 15 is 0 Å². The molecule has 1 aromatic heterocycles. The number of benzene rings is 1. The van der Waals surface area contributed by atoms with Crippen molar-refractivity contribution >= 4 is 11.3 Å². The number of unbranched alkanes of at least 4 members (excludes halogenated alkanes) is 1. The summed E-state index contributed by atoms with van der Waals surface area (Å²) in [5, 5.41) is 9.30. The van der Waals surface area contributed by atoms with Gasteiger partial charge in [-0.25, -0.2) is 0 Å². The van der Waals surface area contributed by atoms with Crippen LogP contribution < -0.4 is 0 Å². The van der Waals surface area contributed by atoms with E-state index < -0.39 is 0 Å². The van der Waals surface area contributed by atoms with Crippen molar-refractivity contribution in [2.75, 3.05) is 6.61 Å². The maximum absolute atomic E-state index is 9.30. The average molecular weight is 314 g/mol. The van der Waals surface area contributed by atoms with E-state index in [4.69, 9.17) is 0 Å². The second kappa shape index (κ2) is 7.43. The molecule has 1 nitrogen and oxygen atoms in total. The van der Waals surface area contributed by atoms with Crippen LogP contribution in [0.25, 0.3) is 10.4 Å². The topological polar surface area (TPSA) is 20.2 Å². The predicted molar refractivity (Wildman–Crippen MR) is 95.5 cm³/mol. The molecule has 22 heavy (non-hydrogen) atoms. The minimum absolute atomic E-state index is 0.355. The summed E-state index contributed by atoms with van der Waals surface area (Å²) in [6.45, 7) is 2.60. The van der Waals surface area contributed by atoms with Gasteiger partial charge in [-0.1, -0.05) is 37.6 Å². The number of thiophene rings is 1. The molecule has 0 radical (unpaired) electrons. The third kappa shape index (κ3) is 3.61. The normalized spacial score (nSPS) is 21.4. The smallest absolute Gasteiger partial charge is 0.0459 e. The number of hydrogen-bond acceptors (Lipinski definition) is 2. The second-order valence-electron chi connectivity index (χ2n) is 6.56. The van der Waals surface area contributed by atoms with E-state index in [2.05, 4.69) is 43.3 Å². The van der Waals surface area contributed by atoms with Gasteiger partial charge in [0.1, 0.15) is 0 Å². The molecule has 0 amide bonds. The summed E-state index contributed by atoms with van der Waals surface area (Å²) in [5.41, 5.74) is 2.79. The van der Waals surface area contributed by atoms with Crippen molar-refractivity contribution < 1.29 is 5.11 Å². The van der Waals surface area contributed by atoms with Gasteiger partial charge in [-0.2, -0.15) is 0 Å². The lowest BCUT2D eigenvalue weighted by atomic mass is 10.0. The molecule has 1 aliphatic rings. The molecule has 0 saturated heterocycles. The maximum Gasteiger partial charge on any atom is 0.0459 e. The highest BCUT2D eigenvalue weighted by molar-refractivity contribution is 7.15. The molecule has 0 bridgehead atoms. The standard InChI is InChI=1S/C20H26OS/c1-2-3-4-15-5-8-17(9-6-15)19-11-12-20(22-19)18-10-7-16(13-18)14-21/h5-6,8-9,11-12,16,18,21H,2-4,7,10,13-14H2,1H3/t16-,18-/m0/s1. The van der Waals surface area contributed by atoms with Gasteiger partial charge in [0.15, 0.2) is 0 Å². The molecular formula is C20H26OS. The van der Waals surface area contributed by atoms with Crippen molar-refractivity contribution in [3.8, 4) is 10.4 Å². The van der Waals surface area contributed by atoms with Crippen molar-refractivity contribution in [3.05, 3.63) is 46.8 Å². The van der Waals surface area contributed by atoms with Gasteiger partial charge in [0.25, 0.3) is 0 Å². The molecule has 118 valence electrons. The molecule has 3 rings (SSSR count). The van der Waals surface area contributed by atoms with E-state index in [0.29, 0.717) is 18.4 Å². The summed E-state index contributed by atoms with van der Waals surface area (Å²) >= 11 is 1.94. The molecule has 2 atom stereocenters. The first-order valence-electron chi connectivity index (χ1n) is 8.60. The molecule has 1 heterocycles. The molecule has 1 saturated carbocycles. The van der Waals surface area contributed by atoms with Crippen molar-refractivity contribution in [3.63, 3.8) is 0 Å². The van der Waals surface area contributed by atoms with Crippen molar-refractivity contribution in [1.29, 1.82) is 0 Å². The first-order valence-corrected chi connectivity index (χ1v) is 9.41. The highest BCUT2D eigenvalue weighted by Crippen LogP contribution is 2.42. The van der Waals surface area contributed by atoms with E-state index in [1.165, 1.54) is 53.0 Å². The SMILES string of the molecule is CCCCc1ccc(-c2ccc([C@H]3CC[C@H](CO)C3)s2)cc1. The third-order valence-electron chi connectivity index (χ3n) is 4.89. The Bertz CT molecular complexity index is 584. The largest absolute Gasteiger partial charge is 0.396 e. The van der Waals surface area contributed by atoms with Gasteiger partial charge in [0.05, 0.1) is 0 Å². The van der Waals surface area contributed by atoms with Crippen LogP contribution in [0.15, 0.2) is 36.4 Å². The lowest BCUT2D eigenvalue weighted by Crippen LogP contribution is -1.99. The third-order valence-corrected chi connectivity index (χ3v) is 6.18. The maximum atomic E-state index is 9.30. The number of rotatable bonds is 6. The summed E-state index contributed by atoms with van der Waals surface area (Å²) in [6, 6.07) is 13.7. The van der Waals surface area contributed by atoms with E-state index in [1.807, 2.05) is 11.3 Å². The minimum atomic E-state index is 0.355. The predicted octanol–water partition coefficient (Wildman–Crippen LogP) is 5.63. The molecule has 1 aromatic carbocycles. The van der Waals surface area contributed by atoms with Crippen LogP contribution in [0.2, 0.25) is 0 Å². The van der Waals surface area contributed by atoms with Gasteiger partial charge >= 0.3 is 0 Å². The minimum Gasteiger partial charge on any atom is -0.396 e. The monoisotopic (exact) mass is 314 g/mol. The zero-order chi connectivity index (χ0) is 15.4. The molecular weight excluding hydrogens is 288 g/mol. The summed E-state index contributed by atoms with van der Waals surface area (Å²) in [7, 11) is 0. The zero-order valence-corrected chi connectivity index (χ0v) is 14.2. The average Bonchev–Trinajstić information content (AvgIpc) is 3.22. The number of aliphatic hydroxyl groups excluding tert-OH is 1. The summed E-state index contributed by atoms with van der Waals surface area (Å²) in [5.74, 6) is 1.19. The molecule has 1 fully saturated rings. The van der Waals surface area contributed by atoms with Crippen molar-refractivity contribution in [1.82, 2.24) is 0 Å². The Morgan fingerprint density at radius 2 is 1.91 bits per heavy atom. The van der Waals surface area contributed by atoms with Gasteiger partial charge in [0.2, 0.25) is 0 Å². The lowest BCUT2D eigenvalue weighted by Gasteiger charge is -2.07. The Hall–Kier alpha value is -1.12. The first-order chi connectivity index (χ1) is 10.8. The van der Waals surface area contributed by atoms with Crippen LogP contribution in [0.4, 0.5) is 0 Å². The molecule has 2 aromatic rings. The van der Waals surface area contributed by atoms with Crippen LogP contribution in [0.1, 0.15) is 55.4 Å². The summed E-state index contributed by atoms with van der Waals surface area (Å²) < 4.78 is 0. The highest BCUT2D eigenvalue weighted by atomic mass is 32.1. The summed E-state index contributed by atoms with van der Waals surface area (Å²) in [6.07, 6.45) is 7.30. The Morgan fingerprint density at radius 3 is 2.59 bits per heavy atom. The molecule has 1 aliphatic carbocycles. The van der Waals surface area contributed by atoms with Crippen LogP contribution in [0, 0.1) is 5.92 Å². The van der Waals surface area contributed by atoms with Gasteiger partial charge in [-0.05, 0) is 67.2 Å². The zero-order valence-electron chi connectivity index (χ0n) is 13.4. The van der Waals surface area contributed by atoms with E-state index in [0.717, 1.165) is 6.42 Å². The van der Waals surface area contributed by atoms with E-state index in [1.54, 1.807) is 0 Å². The van der Waals surface area contributed by atoms with E-state index in [9.17, 15) is 5.11 Å². The van der Waals surface area contributed by atoms with Crippen molar-refractivity contribution in [2.45, 2.75) is 51.4 Å². The number of aryl methyl sites for hydroxylation is 1. The Kier molecular flexibility index (Phi) is 5.32. The Morgan fingerprint density at radius 1 is 1.09 bits per heavy atom. The van der Waals surface area contributed by atoms with Gasteiger partial charge in [0, 0.05) is 16.4 Å². The summed E-state index contributed by atoms with van der Waals surface area (Å²) in [4.78, 5) is 2.88. The van der Waals surface area contributed by atoms with Crippen LogP contribution in [0.3, 0.4) is 0 Å². The Balaban J connectivity index is 1.68. The van der Waals surface area contributed by atoms with Crippen molar-refractivity contribution in [2.24, 2.45) is 5.92 Å². The number of aliphatic hydroxyl groups is 1. The van der Waals surface area contributed by atoms with Crippen LogP contribution in [0.5, 0.6) is 0 Å². The molecule has 1 N–H and O–H groups in total. The molecule has 0 unspecified atom stereocenters. The van der Waals surface area contributed by atoms with Crippen LogP contribution >= 0.6 is 11.3 Å². The number of hydrogen-bond donors (Lipinski definition) is 1. The lowest BCUT2D eigenvalue weighted by molar-refractivity contribution is 0.229. The van der Waals surface area contributed by atoms with Crippen LogP contribution in [-0.4, -0.2) is 11.7 Å². The quantitative estimate of drug-likeness (QED) is 0.732. The Labute approximate surface area is 138 Å². The first kappa shape index (κ1) is 15.8. The van der Waals surface area contributed by atoms with Crippen LogP contribution in [-0.2, 0) is 6.42 Å². The van der Waals surface area contributed by atoms with Gasteiger partial charge in [-0.3, -0.25) is 0 Å². The fraction of sp³-hybridized carbons (Fsp3) is 0.500.